The summed E-state index contributed by atoms with van der Waals surface area (Å²) in [6.45, 7) is 4.79. The third-order valence-electron chi connectivity index (χ3n) is 7.96. The molecule has 0 aromatic heterocycles. The van der Waals surface area contributed by atoms with Crippen LogP contribution in [0, 0.1) is 17.2 Å². The largest absolute Gasteiger partial charge is 0.508 e. The maximum Gasteiger partial charge on any atom is 0.306 e. The van der Waals surface area contributed by atoms with E-state index in [2.05, 4.69) is 32.1 Å². The number of phenols is 1. The summed E-state index contributed by atoms with van der Waals surface area (Å²) in [6.07, 6.45) is 6.90. The van der Waals surface area contributed by atoms with Crippen LogP contribution in [0.2, 0.25) is 0 Å². The zero-order valence-corrected chi connectivity index (χ0v) is 22.3. The van der Waals surface area contributed by atoms with Gasteiger partial charge < -0.3 is 14.6 Å². The zero-order valence-electron chi connectivity index (χ0n) is 22.3. The maximum atomic E-state index is 14.9. The Morgan fingerprint density at radius 1 is 1.05 bits per heavy atom. The number of halogens is 1. The number of benzene rings is 3. The van der Waals surface area contributed by atoms with Gasteiger partial charge in [-0.1, -0.05) is 44.2 Å². The highest BCUT2D eigenvalue weighted by atomic mass is 19.1. The Morgan fingerprint density at radius 3 is 2.58 bits per heavy atom. The van der Waals surface area contributed by atoms with Gasteiger partial charge in [-0.05, 0) is 107 Å². The predicted molar refractivity (Wildman–Crippen MR) is 147 cm³/mol. The number of allylic oxidation sites excluding steroid dienone is 2. The van der Waals surface area contributed by atoms with Crippen molar-refractivity contribution in [2.45, 2.75) is 58.5 Å². The molecular formula is C33H35FO4. The van der Waals surface area contributed by atoms with Crippen LogP contribution in [0.4, 0.5) is 4.39 Å². The lowest BCUT2D eigenvalue weighted by Gasteiger charge is -2.25. The number of phenolic OH excluding ortho intramolecular Hbond substituents is 1. The molecular weight excluding hydrogens is 479 g/mol. The summed E-state index contributed by atoms with van der Waals surface area (Å²) in [7, 11) is 1.43. The fraction of sp³-hybridized carbons (Fsp3) is 0.364. The summed E-state index contributed by atoms with van der Waals surface area (Å²) in [5.41, 5.74) is 5.36. The van der Waals surface area contributed by atoms with E-state index in [1.807, 2.05) is 30.3 Å². The minimum Gasteiger partial charge on any atom is -0.508 e. The van der Waals surface area contributed by atoms with Gasteiger partial charge in [0.15, 0.2) is 0 Å². The van der Waals surface area contributed by atoms with Gasteiger partial charge in [0.05, 0.1) is 13.5 Å². The number of hydrogen-bond acceptors (Lipinski definition) is 4. The van der Waals surface area contributed by atoms with E-state index in [1.54, 1.807) is 0 Å². The van der Waals surface area contributed by atoms with Crippen molar-refractivity contribution in [2.75, 3.05) is 7.11 Å². The summed E-state index contributed by atoms with van der Waals surface area (Å²) in [4.78, 5) is 12.0. The molecule has 2 aliphatic rings. The smallest absolute Gasteiger partial charge is 0.306 e. The molecule has 0 heterocycles. The molecule has 0 radical (unpaired) electrons. The highest BCUT2D eigenvalue weighted by molar-refractivity contribution is 5.85. The molecule has 1 N–H and O–H groups in total. The molecule has 5 rings (SSSR count). The van der Waals surface area contributed by atoms with Crippen LogP contribution in [0.5, 0.6) is 11.5 Å². The fourth-order valence-corrected chi connectivity index (χ4v) is 5.64. The Hall–Kier alpha value is -3.60. The second-order valence-corrected chi connectivity index (χ2v) is 11.2. The molecule has 1 saturated carbocycles. The fourth-order valence-electron chi connectivity index (χ4n) is 5.64. The van der Waals surface area contributed by atoms with Gasteiger partial charge in [-0.3, -0.25) is 4.79 Å². The van der Waals surface area contributed by atoms with Crippen molar-refractivity contribution in [3.63, 3.8) is 0 Å². The monoisotopic (exact) mass is 514 g/mol. The van der Waals surface area contributed by atoms with Gasteiger partial charge in [0.25, 0.3) is 0 Å². The highest BCUT2D eigenvalue weighted by Crippen LogP contribution is 2.48. The molecule has 4 nitrogen and oxygen atoms in total. The van der Waals surface area contributed by atoms with E-state index in [-0.39, 0.29) is 28.9 Å². The lowest BCUT2D eigenvalue weighted by molar-refractivity contribution is -0.141. The van der Waals surface area contributed by atoms with E-state index in [4.69, 9.17) is 9.47 Å². The van der Waals surface area contributed by atoms with Crippen LogP contribution in [0.15, 0.2) is 66.7 Å². The number of esters is 1. The van der Waals surface area contributed by atoms with Crippen LogP contribution in [-0.4, -0.2) is 18.2 Å². The lowest BCUT2D eigenvalue weighted by atomic mass is 9.79. The molecule has 3 aromatic rings. The van der Waals surface area contributed by atoms with Gasteiger partial charge in [0.1, 0.15) is 23.9 Å². The topological polar surface area (TPSA) is 55.8 Å². The quantitative estimate of drug-likeness (QED) is 0.294. The molecule has 0 unspecified atom stereocenters. The van der Waals surface area contributed by atoms with Crippen molar-refractivity contribution in [1.82, 2.24) is 0 Å². The molecule has 0 amide bonds. The minimum absolute atomic E-state index is 0.0344. The second kappa shape index (κ2) is 10.6. The first-order chi connectivity index (χ1) is 18.2. The standard InChI is InChI=1S/C33H35FO4/c1-33(2)15-5-8-30(33)28-16-21(9-13-26(28)29-18-24(35)12-14-31(29)34)20-38-25-7-4-6-23(17-25)27(22-10-11-22)19-32(36)37-3/h4,6-9,12-14,16-18,22,27,35H,5,10-11,15,19-20H2,1-3H3/t27-/m0/s1. The first-order valence-corrected chi connectivity index (χ1v) is 13.4. The SMILES string of the molecule is COC(=O)C[C@H](c1cccc(OCc2ccc(-c3cc(O)ccc3F)c(C3=CCCC3(C)C)c2)c1)C1CC1. The Kier molecular flexibility index (Phi) is 7.29. The molecule has 1 atom stereocenters. The molecule has 0 bridgehead atoms. The molecule has 198 valence electrons. The number of ether oxygens (including phenoxy) is 2. The van der Waals surface area contributed by atoms with Crippen molar-refractivity contribution in [3.05, 3.63) is 89.2 Å². The number of aromatic hydroxyl groups is 1. The van der Waals surface area contributed by atoms with Crippen molar-refractivity contribution in [2.24, 2.45) is 11.3 Å². The highest BCUT2D eigenvalue weighted by Gasteiger charge is 2.34. The van der Waals surface area contributed by atoms with E-state index in [0.29, 0.717) is 24.5 Å². The number of rotatable bonds is 9. The first kappa shape index (κ1) is 26.0. The molecule has 1 fully saturated rings. The molecule has 3 aromatic carbocycles. The number of hydrogen-bond donors (Lipinski definition) is 1. The maximum absolute atomic E-state index is 14.9. The normalized spacial score (nSPS) is 17.1. The van der Waals surface area contributed by atoms with Crippen molar-refractivity contribution in [1.29, 1.82) is 0 Å². The van der Waals surface area contributed by atoms with E-state index in [9.17, 15) is 14.3 Å². The van der Waals surface area contributed by atoms with Gasteiger partial charge in [-0.25, -0.2) is 4.39 Å². The van der Waals surface area contributed by atoms with Crippen molar-refractivity contribution < 1.29 is 23.8 Å². The van der Waals surface area contributed by atoms with Crippen LogP contribution in [0.25, 0.3) is 16.7 Å². The summed E-state index contributed by atoms with van der Waals surface area (Å²) in [5.74, 6) is 0.900. The average molecular weight is 515 g/mol. The third-order valence-corrected chi connectivity index (χ3v) is 7.96. The van der Waals surface area contributed by atoms with Crippen molar-refractivity contribution >= 4 is 11.5 Å². The zero-order chi connectivity index (χ0) is 26.9. The molecule has 0 spiro atoms. The number of carbonyl (C=O) groups is 1. The van der Waals surface area contributed by atoms with Crippen LogP contribution in [0.1, 0.15) is 68.6 Å². The van der Waals surface area contributed by atoms with E-state index >= 15 is 0 Å². The van der Waals surface area contributed by atoms with Crippen molar-refractivity contribution in [3.8, 4) is 22.6 Å². The number of methoxy groups -OCH3 is 1. The second-order valence-electron chi connectivity index (χ2n) is 11.2. The Labute approximate surface area is 224 Å². The summed E-state index contributed by atoms with van der Waals surface area (Å²) in [5, 5.41) is 10.1. The van der Waals surface area contributed by atoms with Crippen LogP contribution in [-0.2, 0) is 16.1 Å². The molecule has 2 aliphatic carbocycles. The Morgan fingerprint density at radius 2 is 1.87 bits per heavy atom. The average Bonchev–Trinajstić information content (AvgIpc) is 3.69. The summed E-state index contributed by atoms with van der Waals surface area (Å²) in [6, 6.07) is 18.1. The number of carbonyl (C=O) groups excluding carboxylic acids is 1. The van der Waals surface area contributed by atoms with Crippen LogP contribution >= 0.6 is 0 Å². The van der Waals surface area contributed by atoms with Gasteiger partial charge >= 0.3 is 5.97 Å². The Balaban J connectivity index is 1.42. The van der Waals surface area contributed by atoms with Gasteiger partial charge in [-0.2, -0.15) is 0 Å². The molecule has 0 aliphatic heterocycles. The third kappa shape index (κ3) is 5.62. The van der Waals surface area contributed by atoms with E-state index < -0.39 is 0 Å². The summed E-state index contributed by atoms with van der Waals surface area (Å²) < 4.78 is 26.0. The van der Waals surface area contributed by atoms with Gasteiger partial charge in [-0.15, -0.1) is 0 Å². The molecule has 5 heteroatoms. The van der Waals surface area contributed by atoms with Gasteiger partial charge in [0, 0.05) is 5.56 Å². The molecule has 0 saturated heterocycles. The van der Waals surface area contributed by atoms with E-state index in [0.717, 1.165) is 53.7 Å². The molecule has 38 heavy (non-hydrogen) atoms. The summed E-state index contributed by atoms with van der Waals surface area (Å²) >= 11 is 0. The predicted octanol–water partition coefficient (Wildman–Crippen LogP) is 8.04. The minimum atomic E-state index is -0.363. The van der Waals surface area contributed by atoms with Gasteiger partial charge in [0.2, 0.25) is 0 Å². The van der Waals surface area contributed by atoms with Crippen LogP contribution in [0.3, 0.4) is 0 Å². The van der Waals surface area contributed by atoms with Crippen LogP contribution < -0.4 is 4.74 Å². The Bertz CT molecular complexity index is 1370. The first-order valence-electron chi connectivity index (χ1n) is 13.4. The van der Waals surface area contributed by atoms with E-state index in [1.165, 1.54) is 30.9 Å². The lowest BCUT2D eigenvalue weighted by Crippen LogP contribution is -2.11.